The van der Waals surface area contributed by atoms with Crippen LogP contribution >= 0.6 is 0 Å². The van der Waals surface area contributed by atoms with Crippen molar-refractivity contribution in [3.8, 4) is 5.88 Å². The Morgan fingerprint density at radius 2 is 2.50 bits per heavy atom. The molecule has 0 amide bonds. The van der Waals surface area contributed by atoms with Gasteiger partial charge in [0.25, 0.3) is 0 Å². The number of hydrogen-bond donors (Lipinski definition) is 2. The molecule has 0 aliphatic rings. The minimum atomic E-state index is 0.116. The van der Waals surface area contributed by atoms with E-state index in [1.165, 1.54) is 0 Å². The van der Waals surface area contributed by atoms with Crippen LogP contribution in [-0.4, -0.2) is 30.4 Å². The molecule has 0 unspecified atom stereocenters. The summed E-state index contributed by atoms with van der Waals surface area (Å²) in [4.78, 5) is 3.94. The molecule has 66 valence electrons. The van der Waals surface area contributed by atoms with Crippen LogP contribution in [0.1, 0.15) is 0 Å². The number of aliphatic hydroxyl groups is 1. The van der Waals surface area contributed by atoms with Gasteiger partial charge in [-0.05, 0) is 6.07 Å². The lowest BCUT2D eigenvalue weighted by Crippen LogP contribution is -2.05. The number of nitrogens with zero attached hydrogens (tertiary/aromatic N) is 1. The van der Waals surface area contributed by atoms with Crippen LogP contribution in [0.15, 0.2) is 18.3 Å². The van der Waals surface area contributed by atoms with Crippen molar-refractivity contribution in [2.45, 2.75) is 0 Å². The summed E-state index contributed by atoms with van der Waals surface area (Å²) in [5.41, 5.74) is 0.899. The fraction of sp³-hybridized carbons (Fsp3) is 0.375. The van der Waals surface area contributed by atoms with Crippen LogP contribution in [0.5, 0.6) is 5.88 Å². The van der Waals surface area contributed by atoms with Gasteiger partial charge >= 0.3 is 0 Å². The molecule has 0 fully saturated rings. The van der Waals surface area contributed by atoms with Crippen molar-refractivity contribution in [1.82, 2.24) is 4.98 Å². The molecular weight excluding hydrogens is 156 g/mol. The van der Waals surface area contributed by atoms with Crippen LogP contribution < -0.4 is 10.1 Å². The van der Waals surface area contributed by atoms with E-state index >= 15 is 0 Å². The predicted octanol–water partition coefficient (Wildman–Crippen LogP) is 0.494. The van der Waals surface area contributed by atoms with Crippen molar-refractivity contribution in [3.05, 3.63) is 18.3 Å². The van der Waals surface area contributed by atoms with Gasteiger partial charge in [-0.1, -0.05) is 0 Å². The number of methoxy groups -OCH3 is 1. The average Bonchev–Trinajstić information content (AvgIpc) is 2.15. The van der Waals surface area contributed by atoms with Crippen molar-refractivity contribution in [2.75, 3.05) is 25.6 Å². The second-order valence-electron chi connectivity index (χ2n) is 2.24. The molecule has 1 rings (SSSR count). The third-order valence-corrected chi connectivity index (χ3v) is 1.38. The minimum Gasteiger partial charge on any atom is -0.481 e. The summed E-state index contributed by atoms with van der Waals surface area (Å²) in [7, 11) is 1.57. The summed E-state index contributed by atoms with van der Waals surface area (Å²) in [6.07, 6.45) is 1.65. The summed E-state index contributed by atoms with van der Waals surface area (Å²) < 4.78 is 4.92. The zero-order valence-electron chi connectivity index (χ0n) is 6.95. The van der Waals surface area contributed by atoms with Crippen molar-refractivity contribution in [1.29, 1.82) is 0 Å². The van der Waals surface area contributed by atoms with Gasteiger partial charge in [0.15, 0.2) is 0 Å². The van der Waals surface area contributed by atoms with E-state index in [9.17, 15) is 0 Å². The van der Waals surface area contributed by atoms with Crippen LogP contribution in [0.4, 0.5) is 5.69 Å². The SMILES string of the molecule is COc1cc(NCCO)ccn1. The number of nitrogens with one attached hydrogen (secondary N) is 1. The molecule has 0 bridgehead atoms. The van der Waals surface area contributed by atoms with Crippen LogP contribution in [0.2, 0.25) is 0 Å². The standard InChI is InChI=1S/C8H12N2O2/c1-12-8-6-7(2-3-10-8)9-4-5-11/h2-3,6,11H,4-5H2,1H3,(H,9,10). The predicted molar refractivity (Wildman–Crippen MR) is 46.4 cm³/mol. The second-order valence-corrected chi connectivity index (χ2v) is 2.24. The molecule has 0 aliphatic heterocycles. The molecule has 2 N–H and O–H groups in total. The normalized spacial score (nSPS) is 9.50. The Balaban J connectivity index is 2.60. The van der Waals surface area contributed by atoms with Gasteiger partial charge in [0, 0.05) is 24.5 Å². The van der Waals surface area contributed by atoms with Crippen molar-refractivity contribution < 1.29 is 9.84 Å². The van der Waals surface area contributed by atoms with Gasteiger partial charge < -0.3 is 15.2 Å². The fourth-order valence-corrected chi connectivity index (χ4v) is 0.831. The highest BCUT2D eigenvalue weighted by molar-refractivity contribution is 5.44. The van der Waals surface area contributed by atoms with E-state index in [2.05, 4.69) is 10.3 Å². The molecule has 0 atom stereocenters. The molecule has 4 heteroatoms. The number of anilines is 1. The summed E-state index contributed by atoms with van der Waals surface area (Å²) in [5.74, 6) is 0.568. The molecule has 1 aromatic heterocycles. The van der Waals surface area contributed by atoms with E-state index in [-0.39, 0.29) is 6.61 Å². The summed E-state index contributed by atoms with van der Waals surface area (Å²) in [6, 6.07) is 3.59. The number of aliphatic hydroxyl groups excluding tert-OH is 1. The van der Waals surface area contributed by atoms with Crippen molar-refractivity contribution in [3.63, 3.8) is 0 Å². The Morgan fingerprint density at radius 1 is 1.67 bits per heavy atom. The number of ether oxygens (including phenoxy) is 1. The van der Waals surface area contributed by atoms with E-state index < -0.39 is 0 Å². The number of aromatic nitrogens is 1. The Kier molecular flexibility index (Phi) is 3.35. The molecule has 0 saturated carbocycles. The monoisotopic (exact) mass is 168 g/mol. The van der Waals surface area contributed by atoms with E-state index in [1.54, 1.807) is 19.4 Å². The Morgan fingerprint density at radius 3 is 3.17 bits per heavy atom. The molecule has 4 nitrogen and oxygen atoms in total. The van der Waals surface area contributed by atoms with Gasteiger partial charge in [0.05, 0.1) is 13.7 Å². The first-order valence-electron chi connectivity index (χ1n) is 3.71. The molecule has 0 aliphatic carbocycles. The van der Waals surface area contributed by atoms with Crippen LogP contribution in [0.3, 0.4) is 0 Å². The largest absolute Gasteiger partial charge is 0.481 e. The maximum Gasteiger partial charge on any atom is 0.214 e. The highest BCUT2D eigenvalue weighted by atomic mass is 16.5. The van der Waals surface area contributed by atoms with E-state index in [0.29, 0.717) is 12.4 Å². The third-order valence-electron chi connectivity index (χ3n) is 1.38. The smallest absolute Gasteiger partial charge is 0.214 e. The second kappa shape index (κ2) is 4.56. The summed E-state index contributed by atoms with van der Waals surface area (Å²) >= 11 is 0. The molecule has 1 heterocycles. The van der Waals surface area contributed by atoms with Gasteiger partial charge in [0.2, 0.25) is 5.88 Å². The quantitative estimate of drug-likeness (QED) is 0.687. The Hall–Kier alpha value is -1.29. The molecule has 0 aromatic carbocycles. The molecule has 0 saturated heterocycles. The highest BCUT2D eigenvalue weighted by Crippen LogP contribution is 2.12. The Bertz CT molecular complexity index is 240. The first-order chi connectivity index (χ1) is 5.86. The zero-order valence-corrected chi connectivity index (χ0v) is 6.95. The summed E-state index contributed by atoms with van der Waals surface area (Å²) in [6.45, 7) is 0.651. The van der Waals surface area contributed by atoms with E-state index in [1.807, 2.05) is 6.07 Å². The lowest BCUT2D eigenvalue weighted by atomic mass is 10.4. The maximum absolute atomic E-state index is 8.54. The lowest BCUT2D eigenvalue weighted by Gasteiger charge is -2.04. The number of hydrogen-bond acceptors (Lipinski definition) is 4. The number of rotatable bonds is 4. The molecular formula is C8H12N2O2. The molecule has 1 aromatic rings. The van der Waals surface area contributed by atoms with Gasteiger partial charge in [-0.2, -0.15) is 0 Å². The maximum atomic E-state index is 8.54. The fourth-order valence-electron chi connectivity index (χ4n) is 0.831. The first-order valence-corrected chi connectivity index (χ1v) is 3.71. The van der Waals surface area contributed by atoms with Gasteiger partial charge in [0.1, 0.15) is 0 Å². The summed E-state index contributed by atoms with van der Waals surface area (Å²) in [5, 5.41) is 11.5. The lowest BCUT2D eigenvalue weighted by molar-refractivity contribution is 0.311. The topological polar surface area (TPSA) is 54.4 Å². The Labute approximate surface area is 71.2 Å². The van der Waals surface area contributed by atoms with Gasteiger partial charge in [-0.25, -0.2) is 4.98 Å². The third kappa shape index (κ3) is 2.39. The van der Waals surface area contributed by atoms with E-state index in [0.717, 1.165) is 5.69 Å². The number of pyridine rings is 1. The zero-order chi connectivity index (χ0) is 8.81. The molecule has 0 spiro atoms. The first kappa shape index (κ1) is 8.80. The molecule has 0 radical (unpaired) electrons. The molecule has 12 heavy (non-hydrogen) atoms. The van der Waals surface area contributed by atoms with Gasteiger partial charge in [-0.15, -0.1) is 0 Å². The van der Waals surface area contributed by atoms with Crippen molar-refractivity contribution in [2.24, 2.45) is 0 Å². The van der Waals surface area contributed by atoms with Crippen LogP contribution in [-0.2, 0) is 0 Å². The van der Waals surface area contributed by atoms with Crippen LogP contribution in [0, 0.1) is 0 Å². The van der Waals surface area contributed by atoms with Gasteiger partial charge in [-0.3, -0.25) is 0 Å². The average molecular weight is 168 g/mol. The van der Waals surface area contributed by atoms with E-state index in [4.69, 9.17) is 9.84 Å². The van der Waals surface area contributed by atoms with Crippen molar-refractivity contribution >= 4 is 5.69 Å². The minimum absolute atomic E-state index is 0.116. The highest BCUT2D eigenvalue weighted by Gasteiger charge is 1.94. The van der Waals surface area contributed by atoms with Crippen LogP contribution in [0.25, 0.3) is 0 Å².